The highest BCUT2D eigenvalue weighted by atomic mass is 19.1. The summed E-state index contributed by atoms with van der Waals surface area (Å²) in [7, 11) is 0. The third-order valence-electron chi connectivity index (χ3n) is 2.85. The van der Waals surface area contributed by atoms with Crippen LogP contribution in [0.2, 0.25) is 0 Å². The van der Waals surface area contributed by atoms with Crippen LogP contribution in [-0.4, -0.2) is 53.7 Å². The number of aromatic nitrogens is 2. The number of aliphatic hydroxyl groups excluding tert-OH is 1. The Kier molecular flexibility index (Phi) is 4.27. The normalized spacial score (nSPS) is 24.2. The van der Waals surface area contributed by atoms with Crippen molar-refractivity contribution in [3.8, 4) is 0 Å². The minimum absolute atomic E-state index is 0.0920. The Labute approximate surface area is 105 Å². The van der Waals surface area contributed by atoms with E-state index in [9.17, 15) is 4.39 Å². The summed E-state index contributed by atoms with van der Waals surface area (Å²) < 4.78 is 19.1. The largest absolute Gasteiger partial charge is 0.394 e. The van der Waals surface area contributed by atoms with Crippen molar-refractivity contribution in [2.45, 2.75) is 18.7 Å². The minimum Gasteiger partial charge on any atom is -0.394 e. The molecule has 2 heterocycles. The summed E-state index contributed by atoms with van der Waals surface area (Å²) in [5.74, 6) is 0.812. The standard InChI is InChI=1S/C11H17FN4O2/c12-8-7-16(4-2-9(8)18-6-5-17)11-14-3-1-10(13)15-11/h1,3,8-9,17H,2,4-7H2,(H2,13,14,15)/t8-,9+/m1/s1. The lowest BCUT2D eigenvalue weighted by Gasteiger charge is -2.34. The van der Waals surface area contributed by atoms with Crippen LogP contribution in [0.5, 0.6) is 0 Å². The third-order valence-corrected chi connectivity index (χ3v) is 2.85. The topological polar surface area (TPSA) is 84.5 Å². The first-order valence-electron chi connectivity index (χ1n) is 5.90. The molecule has 2 rings (SSSR count). The molecule has 0 aromatic carbocycles. The Bertz CT molecular complexity index is 393. The summed E-state index contributed by atoms with van der Waals surface area (Å²) in [6, 6.07) is 1.59. The molecule has 0 aliphatic carbocycles. The van der Waals surface area contributed by atoms with Gasteiger partial charge in [0.1, 0.15) is 12.0 Å². The summed E-state index contributed by atoms with van der Waals surface area (Å²) in [6.07, 6.45) is 0.517. The van der Waals surface area contributed by atoms with E-state index in [4.69, 9.17) is 15.6 Å². The monoisotopic (exact) mass is 256 g/mol. The number of nitrogens with zero attached hydrogens (tertiary/aromatic N) is 3. The molecule has 7 heteroatoms. The van der Waals surface area contributed by atoms with Crippen molar-refractivity contribution in [1.29, 1.82) is 0 Å². The van der Waals surface area contributed by atoms with E-state index in [2.05, 4.69) is 9.97 Å². The molecule has 0 spiro atoms. The quantitative estimate of drug-likeness (QED) is 0.788. The van der Waals surface area contributed by atoms with Crippen LogP contribution in [-0.2, 0) is 4.74 Å². The van der Waals surface area contributed by atoms with Crippen molar-refractivity contribution < 1.29 is 14.2 Å². The second-order valence-corrected chi connectivity index (χ2v) is 4.17. The van der Waals surface area contributed by atoms with Crippen molar-refractivity contribution in [1.82, 2.24) is 9.97 Å². The van der Waals surface area contributed by atoms with Gasteiger partial charge in [-0.3, -0.25) is 0 Å². The molecule has 1 aliphatic heterocycles. The van der Waals surface area contributed by atoms with E-state index < -0.39 is 12.3 Å². The first-order chi connectivity index (χ1) is 8.70. The summed E-state index contributed by atoms with van der Waals surface area (Å²) in [4.78, 5) is 9.89. The molecule has 2 atom stereocenters. The molecular formula is C11H17FN4O2. The Balaban J connectivity index is 1.95. The van der Waals surface area contributed by atoms with Crippen LogP contribution >= 0.6 is 0 Å². The molecule has 0 saturated carbocycles. The Morgan fingerprint density at radius 2 is 2.44 bits per heavy atom. The molecule has 1 saturated heterocycles. The molecule has 1 fully saturated rings. The van der Waals surface area contributed by atoms with Crippen LogP contribution in [0.4, 0.5) is 16.2 Å². The highest BCUT2D eigenvalue weighted by molar-refractivity contribution is 5.38. The molecule has 3 N–H and O–H groups in total. The molecule has 0 radical (unpaired) electrons. The van der Waals surface area contributed by atoms with E-state index in [1.165, 1.54) is 0 Å². The van der Waals surface area contributed by atoms with Crippen LogP contribution < -0.4 is 10.6 Å². The van der Waals surface area contributed by atoms with Crippen molar-refractivity contribution in [2.24, 2.45) is 0 Å². The van der Waals surface area contributed by atoms with Gasteiger partial charge in [-0.15, -0.1) is 0 Å². The summed E-state index contributed by atoms with van der Waals surface area (Å²) in [5, 5.41) is 8.65. The zero-order chi connectivity index (χ0) is 13.0. The summed E-state index contributed by atoms with van der Waals surface area (Å²) in [5.41, 5.74) is 5.57. The first kappa shape index (κ1) is 13.0. The number of piperidine rings is 1. The van der Waals surface area contributed by atoms with Gasteiger partial charge in [-0.05, 0) is 12.5 Å². The van der Waals surface area contributed by atoms with Gasteiger partial charge >= 0.3 is 0 Å². The van der Waals surface area contributed by atoms with Crippen LogP contribution in [0, 0.1) is 0 Å². The Morgan fingerprint density at radius 3 is 3.11 bits per heavy atom. The van der Waals surface area contributed by atoms with Gasteiger partial charge in [0.2, 0.25) is 5.95 Å². The van der Waals surface area contributed by atoms with E-state index in [0.29, 0.717) is 24.7 Å². The van der Waals surface area contributed by atoms with Crippen molar-refractivity contribution in [2.75, 3.05) is 36.9 Å². The molecular weight excluding hydrogens is 239 g/mol. The summed E-state index contributed by atoms with van der Waals surface area (Å²) >= 11 is 0. The molecule has 1 aromatic heterocycles. The fourth-order valence-corrected chi connectivity index (χ4v) is 1.97. The van der Waals surface area contributed by atoms with Crippen LogP contribution in [0.15, 0.2) is 12.3 Å². The highest BCUT2D eigenvalue weighted by Crippen LogP contribution is 2.21. The average molecular weight is 256 g/mol. The third kappa shape index (κ3) is 3.05. The zero-order valence-electron chi connectivity index (χ0n) is 10.00. The van der Waals surface area contributed by atoms with Crippen molar-refractivity contribution >= 4 is 11.8 Å². The Morgan fingerprint density at radius 1 is 1.61 bits per heavy atom. The van der Waals surface area contributed by atoms with E-state index in [1.807, 2.05) is 0 Å². The van der Waals surface area contributed by atoms with E-state index in [-0.39, 0.29) is 19.8 Å². The number of nitrogen functional groups attached to an aromatic ring is 1. The van der Waals surface area contributed by atoms with Crippen LogP contribution in [0.3, 0.4) is 0 Å². The van der Waals surface area contributed by atoms with Gasteiger partial charge in [0, 0.05) is 12.7 Å². The van der Waals surface area contributed by atoms with Gasteiger partial charge in [0.25, 0.3) is 0 Å². The fraction of sp³-hybridized carbons (Fsp3) is 0.636. The van der Waals surface area contributed by atoms with Gasteiger partial charge in [0.15, 0.2) is 0 Å². The van der Waals surface area contributed by atoms with E-state index >= 15 is 0 Å². The van der Waals surface area contributed by atoms with Crippen molar-refractivity contribution in [3.05, 3.63) is 12.3 Å². The maximum absolute atomic E-state index is 13.9. The molecule has 1 aliphatic rings. The van der Waals surface area contributed by atoms with Crippen LogP contribution in [0.1, 0.15) is 6.42 Å². The number of aliphatic hydroxyl groups is 1. The van der Waals surface area contributed by atoms with Gasteiger partial charge in [0.05, 0.1) is 25.9 Å². The lowest BCUT2D eigenvalue weighted by Crippen LogP contribution is -2.46. The first-order valence-corrected chi connectivity index (χ1v) is 5.90. The average Bonchev–Trinajstić information content (AvgIpc) is 2.37. The number of hydrogen-bond donors (Lipinski definition) is 2. The van der Waals surface area contributed by atoms with E-state index in [0.717, 1.165) is 0 Å². The molecule has 18 heavy (non-hydrogen) atoms. The number of ether oxygens (including phenoxy) is 1. The number of halogens is 1. The zero-order valence-corrected chi connectivity index (χ0v) is 10.00. The molecule has 100 valence electrons. The number of hydrogen-bond acceptors (Lipinski definition) is 6. The predicted octanol–water partition coefficient (Wildman–Crippen LogP) is -0.0155. The SMILES string of the molecule is Nc1ccnc(N2CC[C@H](OCCO)[C@H](F)C2)n1. The lowest BCUT2D eigenvalue weighted by atomic mass is 10.1. The molecule has 0 amide bonds. The molecule has 6 nitrogen and oxygen atoms in total. The number of nitrogens with two attached hydrogens (primary N) is 1. The van der Waals surface area contributed by atoms with Crippen LogP contribution in [0.25, 0.3) is 0 Å². The smallest absolute Gasteiger partial charge is 0.227 e. The number of anilines is 2. The van der Waals surface area contributed by atoms with E-state index in [1.54, 1.807) is 17.2 Å². The second kappa shape index (κ2) is 5.92. The van der Waals surface area contributed by atoms with Gasteiger partial charge < -0.3 is 20.5 Å². The lowest BCUT2D eigenvalue weighted by molar-refractivity contribution is -0.0262. The fourth-order valence-electron chi connectivity index (χ4n) is 1.97. The second-order valence-electron chi connectivity index (χ2n) is 4.17. The van der Waals surface area contributed by atoms with Gasteiger partial charge in [-0.2, -0.15) is 4.98 Å². The Hall–Kier alpha value is -1.47. The highest BCUT2D eigenvalue weighted by Gasteiger charge is 2.30. The number of rotatable bonds is 4. The molecule has 0 bridgehead atoms. The van der Waals surface area contributed by atoms with Gasteiger partial charge in [-0.25, -0.2) is 9.37 Å². The number of alkyl halides is 1. The van der Waals surface area contributed by atoms with Gasteiger partial charge in [-0.1, -0.05) is 0 Å². The molecule has 0 unspecified atom stereocenters. The maximum atomic E-state index is 13.9. The maximum Gasteiger partial charge on any atom is 0.227 e. The van der Waals surface area contributed by atoms with Crippen molar-refractivity contribution in [3.63, 3.8) is 0 Å². The molecule has 1 aromatic rings. The summed E-state index contributed by atoms with van der Waals surface area (Å²) in [6.45, 7) is 0.866. The predicted molar refractivity (Wildman–Crippen MR) is 65.0 cm³/mol. The minimum atomic E-state index is -1.12.